The van der Waals surface area contributed by atoms with Crippen LogP contribution in [0, 0.1) is 0 Å². The minimum atomic E-state index is -4.78. The molecule has 0 aliphatic heterocycles. The molecule has 0 rings (SSSR count). The first kappa shape index (κ1) is 28.3. The number of carboxylic acids is 1. The minimum absolute atomic E-state index is 0.166. The first-order chi connectivity index (χ1) is 14.3. The SMILES string of the molecule is CC/C=C/C/C=C/C/C=C/CCCCCCCC(=O)N[C@@H](COP(=O)(O)O)C(=O)O. The Morgan fingerprint density at radius 2 is 1.50 bits per heavy atom. The molecule has 1 amide bonds. The molecule has 0 unspecified atom stereocenters. The van der Waals surface area contributed by atoms with Crippen LogP contribution >= 0.6 is 7.82 Å². The molecule has 172 valence electrons. The lowest BCUT2D eigenvalue weighted by Crippen LogP contribution is -2.43. The van der Waals surface area contributed by atoms with Crippen molar-refractivity contribution in [1.29, 1.82) is 0 Å². The second-order valence-electron chi connectivity index (χ2n) is 6.84. The fourth-order valence-corrected chi connectivity index (χ4v) is 2.86. The monoisotopic (exact) mass is 445 g/mol. The van der Waals surface area contributed by atoms with Crippen molar-refractivity contribution in [3.63, 3.8) is 0 Å². The van der Waals surface area contributed by atoms with Gasteiger partial charge >= 0.3 is 13.8 Å². The number of phosphoric ester groups is 1. The summed E-state index contributed by atoms with van der Waals surface area (Å²) in [6.07, 6.45) is 21.8. The number of carbonyl (C=O) groups is 2. The molecule has 0 fully saturated rings. The second-order valence-corrected chi connectivity index (χ2v) is 8.08. The number of hydrogen-bond acceptors (Lipinski definition) is 4. The molecular weight excluding hydrogens is 409 g/mol. The van der Waals surface area contributed by atoms with Crippen molar-refractivity contribution in [3.8, 4) is 0 Å². The van der Waals surface area contributed by atoms with Gasteiger partial charge in [0.15, 0.2) is 6.04 Å². The largest absolute Gasteiger partial charge is 0.480 e. The number of amides is 1. The molecule has 0 aromatic carbocycles. The van der Waals surface area contributed by atoms with E-state index in [2.05, 4.69) is 53.2 Å². The number of hydrogen-bond donors (Lipinski definition) is 4. The third-order valence-electron chi connectivity index (χ3n) is 4.10. The van der Waals surface area contributed by atoms with Crippen molar-refractivity contribution >= 4 is 19.7 Å². The van der Waals surface area contributed by atoms with E-state index in [-0.39, 0.29) is 6.42 Å². The number of nitrogens with one attached hydrogen (secondary N) is 1. The lowest BCUT2D eigenvalue weighted by molar-refractivity contribution is -0.142. The highest BCUT2D eigenvalue weighted by atomic mass is 31.2. The lowest BCUT2D eigenvalue weighted by Gasteiger charge is -2.15. The van der Waals surface area contributed by atoms with Crippen molar-refractivity contribution < 1.29 is 33.6 Å². The molecule has 0 bridgehead atoms. The summed E-state index contributed by atoms with van der Waals surface area (Å²) in [4.78, 5) is 40.0. The number of rotatable bonds is 18. The predicted molar refractivity (Wildman–Crippen MR) is 117 cm³/mol. The Labute approximate surface area is 179 Å². The average Bonchev–Trinajstić information content (AvgIpc) is 2.67. The summed E-state index contributed by atoms with van der Waals surface area (Å²) in [5.41, 5.74) is 0. The van der Waals surface area contributed by atoms with Gasteiger partial charge in [-0.2, -0.15) is 0 Å². The van der Waals surface area contributed by atoms with Crippen LogP contribution in [0.2, 0.25) is 0 Å². The predicted octanol–water partition coefficient (Wildman–Crippen LogP) is 4.25. The highest BCUT2D eigenvalue weighted by Gasteiger charge is 2.24. The molecule has 0 radical (unpaired) electrons. The van der Waals surface area contributed by atoms with Crippen molar-refractivity contribution in [2.75, 3.05) is 6.61 Å². The van der Waals surface area contributed by atoms with Gasteiger partial charge < -0.3 is 20.2 Å². The Morgan fingerprint density at radius 1 is 0.933 bits per heavy atom. The van der Waals surface area contributed by atoms with E-state index in [1.807, 2.05) is 0 Å². The lowest BCUT2D eigenvalue weighted by atomic mass is 10.1. The number of aliphatic carboxylic acids is 1. The van der Waals surface area contributed by atoms with Gasteiger partial charge in [-0.3, -0.25) is 9.32 Å². The van der Waals surface area contributed by atoms with E-state index < -0.39 is 32.3 Å². The fraction of sp³-hybridized carbons (Fsp3) is 0.619. The summed E-state index contributed by atoms with van der Waals surface area (Å²) in [6, 6.07) is -1.49. The summed E-state index contributed by atoms with van der Waals surface area (Å²) in [7, 11) is -4.78. The highest BCUT2D eigenvalue weighted by Crippen LogP contribution is 2.35. The average molecular weight is 445 g/mol. The van der Waals surface area contributed by atoms with E-state index in [9.17, 15) is 14.2 Å². The molecule has 0 saturated carbocycles. The summed E-state index contributed by atoms with van der Waals surface area (Å²) >= 11 is 0. The molecule has 1 atom stereocenters. The second kappa shape index (κ2) is 18.1. The molecule has 4 N–H and O–H groups in total. The Balaban J connectivity index is 3.72. The standard InChI is InChI=1S/C21H36NO7P/c1-2-3-4-5-6-7-8-9-10-11-12-13-14-15-16-17-20(23)22-19(21(24)25)18-29-30(26,27)28/h3-4,6-7,9-10,19H,2,5,8,11-18H2,1H3,(H,22,23)(H,24,25)(H2,26,27,28)/b4-3+,7-6+,10-9+/t19-/m0/s1. The van der Waals surface area contributed by atoms with E-state index in [0.29, 0.717) is 6.42 Å². The van der Waals surface area contributed by atoms with Crippen LogP contribution in [-0.2, 0) is 18.7 Å². The van der Waals surface area contributed by atoms with Gasteiger partial charge in [-0.1, -0.05) is 62.6 Å². The molecule has 0 saturated heterocycles. The molecular formula is C21H36NO7P. The summed E-state index contributed by atoms with van der Waals surface area (Å²) in [6.45, 7) is 1.33. The number of carboxylic acid groups (broad SMARTS) is 1. The maximum atomic E-state index is 11.8. The van der Waals surface area contributed by atoms with Crippen LogP contribution in [0.25, 0.3) is 0 Å². The zero-order valence-corrected chi connectivity index (χ0v) is 18.6. The van der Waals surface area contributed by atoms with Crippen LogP contribution in [-0.4, -0.2) is 39.4 Å². The number of phosphoric acid groups is 1. The van der Waals surface area contributed by atoms with Gasteiger partial charge in [0.1, 0.15) is 0 Å². The first-order valence-corrected chi connectivity index (χ1v) is 12.0. The van der Waals surface area contributed by atoms with Crippen LogP contribution in [0.5, 0.6) is 0 Å². The third-order valence-corrected chi connectivity index (χ3v) is 4.58. The Kier molecular flexibility index (Phi) is 17.0. The fourth-order valence-electron chi connectivity index (χ4n) is 2.52. The van der Waals surface area contributed by atoms with E-state index in [0.717, 1.165) is 51.4 Å². The van der Waals surface area contributed by atoms with Crippen molar-refractivity contribution in [2.24, 2.45) is 0 Å². The zero-order chi connectivity index (χ0) is 22.7. The molecule has 0 aromatic rings. The smallest absolute Gasteiger partial charge is 0.469 e. The van der Waals surface area contributed by atoms with Gasteiger partial charge in [-0.15, -0.1) is 0 Å². The molecule has 9 heteroatoms. The van der Waals surface area contributed by atoms with Crippen LogP contribution < -0.4 is 5.32 Å². The van der Waals surface area contributed by atoms with E-state index in [1.54, 1.807) is 0 Å². The van der Waals surface area contributed by atoms with Gasteiger partial charge in [0.25, 0.3) is 0 Å². The maximum absolute atomic E-state index is 11.8. The highest BCUT2D eigenvalue weighted by molar-refractivity contribution is 7.46. The molecule has 0 aliphatic carbocycles. The summed E-state index contributed by atoms with van der Waals surface area (Å²) in [5.74, 6) is -1.88. The normalized spacial score (nSPS) is 13.4. The van der Waals surface area contributed by atoms with E-state index in [1.165, 1.54) is 0 Å². The van der Waals surface area contributed by atoms with E-state index in [4.69, 9.17) is 14.9 Å². The van der Waals surface area contributed by atoms with Crippen LogP contribution in [0.3, 0.4) is 0 Å². The number of allylic oxidation sites excluding steroid dienone is 6. The van der Waals surface area contributed by atoms with Crippen LogP contribution in [0.15, 0.2) is 36.5 Å². The molecule has 0 spiro atoms. The minimum Gasteiger partial charge on any atom is -0.480 e. The molecule has 0 heterocycles. The van der Waals surface area contributed by atoms with Crippen LogP contribution in [0.1, 0.15) is 71.1 Å². The number of unbranched alkanes of at least 4 members (excludes halogenated alkanes) is 5. The van der Waals surface area contributed by atoms with Crippen molar-refractivity contribution in [1.82, 2.24) is 5.32 Å². The van der Waals surface area contributed by atoms with Gasteiger partial charge in [-0.25, -0.2) is 9.36 Å². The zero-order valence-electron chi connectivity index (χ0n) is 17.7. The van der Waals surface area contributed by atoms with Crippen molar-refractivity contribution in [2.45, 2.75) is 77.2 Å². The summed E-state index contributed by atoms with van der Waals surface area (Å²) < 4.78 is 14.8. The molecule has 0 aromatic heterocycles. The Hall–Kier alpha value is -1.73. The molecule has 30 heavy (non-hydrogen) atoms. The van der Waals surface area contributed by atoms with Gasteiger partial charge in [-0.05, 0) is 38.5 Å². The van der Waals surface area contributed by atoms with Gasteiger partial charge in [0, 0.05) is 6.42 Å². The van der Waals surface area contributed by atoms with Crippen molar-refractivity contribution in [3.05, 3.63) is 36.5 Å². The summed E-state index contributed by atoms with van der Waals surface area (Å²) in [5, 5.41) is 11.2. The van der Waals surface area contributed by atoms with Gasteiger partial charge in [0.2, 0.25) is 5.91 Å². The Bertz CT molecular complexity index is 610. The molecule has 8 nitrogen and oxygen atoms in total. The maximum Gasteiger partial charge on any atom is 0.469 e. The number of carbonyl (C=O) groups excluding carboxylic acids is 1. The molecule has 0 aliphatic rings. The first-order valence-electron chi connectivity index (χ1n) is 10.4. The van der Waals surface area contributed by atoms with Gasteiger partial charge in [0.05, 0.1) is 6.61 Å². The van der Waals surface area contributed by atoms with E-state index >= 15 is 0 Å². The topological polar surface area (TPSA) is 133 Å². The third kappa shape index (κ3) is 19.6. The Morgan fingerprint density at radius 3 is 2.10 bits per heavy atom. The quantitative estimate of drug-likeness (QED) is 0.141. The van der Waals surface area contributed by atoms with Crippen LogP contribution in [0.4, 0.5) is 0 Å².